The lowest BCUT2D eigenvalue weighted by molar-refractivity contribution is -0.384. The molecule has 0 aliphatic carbocycles. The maximum Gasteiger partial charge on any atom is 0.295 e. The van der Waals surface area contributed by atoms with Crippen LogP contribution in [0.4, 0.5) is 5.69 Å². The number of nitro benzene ring substituents is 1. The Hall–Kier alpha value is -1.76. The topological polar surface area (TPSA) is 73.8 Å². The third-order valence-corrected chi connectivity index (χ3v) is 3.32. The van der Waals surface area contributed by atoms with E-state index >= 15 is 0 Å². The summed E-state index contributed by atoms with van der Waals surface area (Å²) in [6.45, 7) is 3.77. The zero-order valence-corrected chi connectivity index (χ0v) is 12.2. The summed E-state index contributed by atoms with van der Waals surface area (Å²) in [4.78, 5) is 10.7. The number of hydrogen-bond donors (Lipinski definition) is 0. The summed E-state index contributed by atoms with van der Waals surface area (Å²) in [6, 6.07) is 3.33. The second-order valence-corrected chi connectivity index (χ2v) is 5.07. The molecule has 0 spiro atoms. The first-order valence-corrected chi connectivity index (χ1v) is 6.88. The average molecular weight is 325 g/mol. The van der Waals surface area contributed by atoms with Gasteiger partial charge in [0.25, 0.3) is 5.69 Å². The summed E-state index contributed by atoms with van der Waals surface area (Å²) in [6.07, 6.45) is 2.46. The predicted octanol–water partition coefficient (Wildman–Crippen LogP) is 2.73. The van der Waals surface area contributed by atoms with Gasteiger partial charge in [-0.3, -0.25) is 10.1 Å². The van der Waals surface area contributed by atoms with E-state index in [-0.39, 0.29) is 5.69 Å². The Kier molecular flexibility index (Phi) is 3.94. The van der Waals surface area contributed by atoms with Gasteiger partial charge < -0.3 is 0 Å². The Morgan fingerprint density at radius 2 is 2.05 bits per heavy atom. The first-order valence-electron chi connectivity index (χ1n) is 5.76. The van der Waals surface area contributed by atoms with Crippen LogP contribution in [-0.4, -0.2) is 25.2 Å². The number of nitrogens with zero attached hydrogens (tertiary/aromatic N) is 4. The van der Waals surface area contributed by atoms with Gasteiger partial charge in [-0.2, -0.15) is 0 Å². The van der Waals surface area contributed by atoms with Crippen LogP contribution in [-0.2, 0) is 6.42 Å². The monoisotopic (exact) mass is 324 g/mol. The molecule has 0 N–H and O–H groups in total. The van der Waals surface area contributed by atoms with Crippen LogP contribution in [0.1, 0.15) is 16.8 Å². The molecule has 19 heavy (non-hydrogen) atoms. The second kappa shape index (κ2) is 5.48. The standard InChI is InChI=1S/C12H13BrN4O2/c1-8-5-11(12(17(18)19)6-9(8)2)16-7-10(3-4-13)14-15-16/h5-7H,3-4H2,1-2H3. The predicted molar refractivity (Wildman–Crippen MR) is 75.0 cm³/mol. The molecule has 6 nitrogen and oxygen atoms in total. The zero-order chi connectivity index (χ0) is 14.0. The zero-order valence-electron chi connectivity index (χ0n) is 10.6. The van der Waals surface area contributed by atoms with Crippen LogP contribution in [0.5, 0.6) is 0 Å². The van der Waals surface area contributed by atoms with Gasteiger partial charge in [-0.05, 0) is 31.0 Å². The van der Waals surface area contributed by atoms with Crippen LogP contribution in [0, 0.1) is 24.0 Å². The minimum Gasteiger partial charge on any atom is -0.258 e. The molecule has 1 heterocycles. The minimum atomic E-state index is -0.395. The van der Waals surface area contributed by atoms with Crippen LogP contribution in [0.25, 0.3) is 5.69 Å². The average Bonchev–Trinajstić information content (AvgIpc) is 2.81. The third kappa shape index (κ3) is 2.81. The summed E-state index contributed by atoms with van der Waals surface area (Å²) in [5, 5.41) is 19.9. The first-order chi connectivity index (χ1) is 9.02. The largest absolute Gasteiger partial charge is 0.295 e. The van der Waals surface area contributed by atoms with Crippen LogP contribution in [0.3, 0.4) is 0 Å². The minimum absolute atomic E-state index is 0.0402. The molecule has 100 valence electrons. The van der Waals surface area contributed by atoms with E-state index in [9.17, 15) is 10.1 Å². The number of nitro groups is 1. The van der Waals surface area contributed by atoms with Crippen LogP contribution in [0.2, 0.25) is 0 Å². The molecule has 0 aliphatic rings. The smallest absolute Gasteiger partial charge is 0.258 e. The number of aryl methyl sites for hydroxylation is 3. The van der Waals surface area contributed by atoms with Crippen molar-refractivity contribution >= 4 is 21.6 Å². The van der Waals surface area contributed by atoms with Gasteiger partial charge in [0.15, 0.2) is 0 Å². The molecule has 0 unspecified atom stereocenters. The lowest BCUT2D eigenvalue weighted by Crippen LogP contribution is -2.02. The highest BCUT2D eigenvalue weighted by Crippen LogP contribution is 2.26. The second-order valence-electron chi connectivity index (χ2n) is 4.28. The van der Waals surface area contributed by atoms with Gasteiger partial charge in [0.05, 0.1) is 16.8 Å². The molecule has 2 rings (SSSR count). The first kappa shape index (κ1) is 13.7. The number of rotatable bonds is 4. The van der Waals surface area contributed by atoms with E-state index in [1.54, 1.807) is 18.3 Å². The molecule has 0 bridgehead atoms. The van der Waals surface area contributed by atoms with E-state index in [2.05, 4.69) is 26.2 Å². The highest BCUT2D eigenvalue weighted by Gasteiger charge is 2.18. The Morgan fingerprint density at radius 3 is 2.68 bits per heavy atom. The SMILES string of the molecule is Cc1cc(-n2cc(CCBr)nn2)c([N+](=O)[O-])cc1C. The molecule has 0 fully saturated rings. The molecule has 2 aromatic rings. The van der Waals surface area contributed by atoms with E-state index in [0.29, 0.717) is 5.69 Å². The number of hydrogen-bond acceptors (Lipinski definition) is 4. The fourth-order valence-corrected chi connectivity index (χ4v) is 2.15. The Balaban J connectivity index is 2.53. The van der Waals surface area contributed by atoms with Gasteiger partial charge in [0.2, 0.25) is 0 Å². The van der Waals surface area contributed by atoms with E-state index in [0.717, 1.165) is 28.6 Å². The summed E-state index contributed by atoms with van der Waals surface area (Å²) in [5.74, 6) is 0. The molecule has 0 saturated heterocycles. The Bertz CT molecular complexity index is 624. The summed E-state index contributed by atoms with van der Waals surface area (Å²) < 4.78 is 1.46. The lowest BCUT2D eigenvalue weighted by Gasteiger charge is -2.06. The van der Waals surface area contributed by atoms with Gasteiger partial charge in [-0.15, -0.1) is 5.10 Å². The number of benzene rings is 1. The van der Waals surface area contributed by atoms with E-state index in [1.165, 1.54) is 4.68 Å². The molecule has 0 amide bonds. The van der Waals surface area contributed by atoms with E-state index in [4.69, 9.17) is 0 Å². The molecular formula is C12H13BrN4O2. The van der Waals surface area contributed by atoms with Crippen LogP contribution >= 0.6 is 15.9 Å². The highest BCUT2D eigenvalue weighted by molar-refractivity contribution is 9.09. The number of alkyl halides is 1. The highest BCUT2D eigenvalue weighted by atomic mass is 79.9. The normalized spacial score (nSPS) is 10.7. The summed E-state index contributed by atoms with van der Waals surface area (Å²) in [7, 11) is 0. The fourth-order valence-electron chi connectivity index (χ4n) is 1.74. The van der Waals surface area contributed by atoms with Gasteiger partial charge in [0, 0.05) is 17.8 Å². The van der Waals surface area contributed by atoms with Crippen molar-refractivity contribution in [2.75, 3.05) is 5.33 Å². The summed E-state index contributed by atoms with van der Waals surface area (Å²) in [5.41, 5.74) is 3.15. The van der Waals surface area contributed by atoms with Crippen molar-refractivity contribution in [1.82, 2.24) is 15.0 Å². The van der Waals surface area contributed by atoms with Crippen molar-refractivity contribution in [3.8, 4) is 5.69 Å². The van der Waals surface area contributed by atoms with E-state index < -0.39 is 4.92 Å². The molecular weight excluding hydrogens is 312 g/mol. The molecule has 0 atom stereocenters. The van der Waals surface area contributed by atoms with Crippen LogP contribution < -0.4 is 0 Å². The molecule has 0 radical (unpaired) electrons. The third-order valence-electron chi connectivity index (χ3n) is 2.93. The number of aromatic nitrogens is 3. The van der Waals surface area contributed by atoms with Gasteiger partial charge >= 0.3 is 0 Å². The van der Waals surface area contributed by atoms with Crippen molar-refractivity contribution in [1.29, 1.82) is 0 Å². The molecule has 0 saturated carbocycles. The maximum absolute atomic E-state index is 11.1. The van der Waals surface area contributed by atoms with Crippen molar-refractivity contribution in [2.45, 2.75) is 20.3 Å². The molecule has 0 aliphatic heterocycles. The fraction of sp³-hybridized carbons (Fsp3) is 0.333. The van der Waals surface area contributed by atoms with Gasteiger partial charge in [0.1, 0.15) is 5.69 Å². The van der Waals surface area contributed by atoms with Crippen molar-refractivity contribution in [3.63, 3.8) is 0 Å². The Morgan fingerprint density at radius 1 is 1.37 bits per heavy atom. The molecule has 1 aromatic carbocycles. The molecule has 1 aromatic heterocycles. The summed E-state index contributed by atoms with van der Waals surface area (Å²) >= 11 is 3.33. The lowest BCUT2D eigenvalue weighted by atomic mass is 10.1. The molecule has 7 heteroatoms. The quantitative estimate of drug-likeness (QED) is 0.492. The van der Waals surface area contributed by atoms with Crippen molar-refractivity contribution in [2.24, 2.45) is 0 Å². The van der Waals surface area contributed by atoms with Crippen LogP contribution in [0.15, 0.2) is 18.3 Å². The van der Waals surface area contributed by atoms with Crippen molar-refractivity contribution in [3.05, 3.63) is 45.3 Å². The van der Waals surface area contributed by atoms with E-state index in [1.807, 2.05) is 13.8 Å². The van der Waals surface area contributed by atoms with Gasteiger partial charge in [-0.1, -0.05) is 21.1 Å². The maximum atomic E-state index is 11.1. The Labute approximate surface area is 118 Å². The number of halogens is 1. The van der Waals surface area contributed by atoms with Gasteiger partial charge in [-0.25, -0.2) is 4.68 Å². The van der Waals surface area contributed by atoms with Crippen molar-refractivity contribution < 1.29 is 4.92 Å².